The summed E-state index contributed by atoms with van der Waals surface area (Å²) in [4.78, 5) is 15.7. The van der Waals surface area contributed by atoms with Crippen LogP contribution in [0.3, 0.4) is 0 Å². The summed E-state index contributed by atoms with van der Waals surface area (Å²) in [7, 11) is -3.21. The average molecular weight is 477 g/mol. The van der Waals surface area contributed by atoms with Crippen molar-refractivity contribution in [3.63, 3.8) is 0 Å². The largest absolute Gasteiger partial charge is 0.478 e. The minimum absolute atomic E-state index is 0.0830. The zero-order valence-corrected chi connectivity index (χ0v) is 20.1. The summed E-state index contributed by atoms with van der Waals surface area (Å²) in [5.41, 5.74) is 0.0342. The van der Waals surface area contributed by atoms with Gasteiger partial charge in [0.25, 0.3) is 5.91 Å². The highest BCUT2D eigenvalue weighted by Gasteiger charge is 2.42. The van der Waals surface area contributed by atoms with E-state index in [4.69, 9.17) is 16.3 Å². The van der Waals surface area contributed by atoms with E-state index in [1.165, 1.54) is 6.26 Å². The molecule has 2 aliphatic heterocycles. The summed E-state index contributed by atoms with van der Waals surface area (Å²) in [6.07, 6.45) is 5.06. The summed E-state index contributed by atoms with van der Waals surface area (Å²) >= 11 is 5.93. The molecule has 1 amide bonds. The first-order valence-electron chi connectivity index (χ1n) is 10.9. The molecule has 2 fully saturated rings. The van der Waals surface area contributed by atoms with E-state index in [1.54, 1.807) is 50.2 Å². The molecule has 0 spiro atoms. The van der Waals surface area contributed by atoms with Crippen LogP contribution in [0.2, 0.25) is 5.02 Å². The molecule has 0 saturated carbocycles. The molecule has 0 radical (unpaired) electrons. The van der Waals surface area contributed by atoms with E-state index in [2.05, 4.69) is 10.2 Å². The van der Waals surface area contributed by atoms with Crippen LogP contribution in [0.1, 0.15) is 39.5 Å². The first-order chi connectivity index (χ1) is 15.0. The van der Waals surface area contributed by atoms with E-state index in [9.17, 15) is 13.2 Å². The van der Waals surface area contributed by atoms with E-state index < -0.39 is 15.4 Å². The number of rotatable bonds is 6. The van der Waals surface area contributed by atoms with Crippen molar-refractivity contribution in [1.82, 2.24) is 5.32 Å². The quantitative estimate of drug-likeness (QED) is 0.675. The zero-order chi connectivity index (χ0) is 23.1. The van der Waals surface area contributed by atoms with Gasteiger partial charge in [-0.1, -0.05) is 11.6 Å². The van der Waals surface area contributed by atoms with Crippen molar-refractivity contribution in [2.24, 2.45) is 0 Å². The Morgan fingerprint density at radius 3 is 2.12 bits per heavy atom. The molecule has 2 aromatic carbocycles. The first kappa shape index (κ1) is 22.9. The van der Waals surface area contributed by atoms with Gasteiger partial charge in [-0.15, -0.1) is 0 Å². The highest BCUT2D eigenvalue weighted by atomic mass is 35.5. The Balaban J connectivity index is 1.40. The third-order valence-electron chi connectivity index (χ3n) is 6.36. The lowest BCUT2D eigenvalue weighted by Crippen LogP contribution is -2.55. The highest BCUT2D eigenvalue weighted by molar-refractivity contribution is 7.90. The molecule has 2 saturated heterocycles. The number of amides is 1. The topological polar surface area (TPSA) is 75.7 Å². The van der Waals surface area contributed by atoms with Crippen LogP contribution in [0.15, 0.2) is 53.4 Å². The van der Waals surface area contributed by atoms with Gasteiger partial charge >= 0.3 is 0 Å². The van der Waals surface area contributed by atoms with Crippen molar-refractivity contribution in [3.05, 3.63) is 53.6 Å². The molecule has 2 aliphatic rings. The van der Waals surface area contributed by atoms with Gasteiger partial charge in [-0.3, -0.25) is 4.79 Å². The van der Waals surface area contributed by atoms with E-state index in [1.807, 2.05) is 12.1 Å². The lowest BCUT2D eigenvalue weighted by Gasteiger charge is -2.41. The fourth-order valence-corrected chi connectivity index (χ4v) is 5.54. The SMILES string of the molecule is CC(C)(Oc1ccc(Cl)cc1)C(=O)NC1CC2CCC(C1)N2c1ccc(S(C)(=O)=O)cc1. The van der Waals surface area contributed by atoms with Crippen LogP contribution in [0.5, 0.6) is 5.75 Å². The smallest absolute Gasteiger partial charge is 0.263 e. The van der Waals surface area contributed by atoms with Gasteiger partial charge in [0.2, 0.25) is 0 Å². The Morgan fingerprint density at radius 1 is 1.03 bits per heavy atom. The van der Waals surface area contributed by atoms with Crippen LogP contribution in [-0.4, -0.2) is 44.3 Å². The number of hydrogen-bond acceptors (Lipinski definition) is 5. The highest BCUT2D eigenvalue weighted by Crippen LogP contribution is 2.39. The fraction of sp³-hybridized carbons (Fsp3) is 0.458. The summed E-state index contributed by atoms with van der Waals surface area (Å²) < 4.78 is 29.4. The van der Waals surface area contributed by atoms with Crippen molar-refractivity contribution in [2.45, 2.75) is 68.2 Å². The predicted molar refractivity (Wildman–Crippen MR) is 126 cm³/mol. The molecule has 6 nitrogen and oxygen atoms in total. The Kier molecular flexibility index (Phi) is 6.16. The molecule has 2 heterocycles. The fourth-order valence-electron chi connectivity index (χ4n) is 4.78. The van der Waals surface area contributed by atoms with Crippen LogP contribution in [0.4, 0.5) is 5.69 Å². The van der Waals surface area contributed by atoms with Gasteiger partial charge in [-0.05, 0) is 88.1 Å². The van der Waals surface area contributed by atoms with Gasteiger partial charge in [0.05, 0.1) is 4.90 Å². The Bertz CT molecular complexity index is 1070. The second-order valence-electron chi connectivity index (χ2n) is 9.27. The molecular weight excluding hydrogens is 448 g/mol. The van der Waals surface area contributed by atoms with Gasteiger partial charge in [-0.25, -0.2) is 8.42 Å². The average Bonchev–Trinajstić information content (AvgIpc) is 2.99. The molecule has 4 rings (SSSR count). The van der Waals surface area contributed by atoms with Crippen LogP contribution < -0.4 is 15.0 Å². The number of sulfone groups is 1. The second-order valence-corrected chi connectivity index (χ2v) is 11.7. The van der Waals surface area contributed by atoms with Crippen LogP contribution in [0, 0.1) is 0 Å². The Hall–Kier alpha value is -2.25. The monoisotopic (exact) mass is 476 g/mol. The van der Waals surface area contributed by atoms with Crippen LogP contribution in [-0.2, 0) is 14.6 Å². The van der Waals surface area contributed by atoms with Gasteiger partial charge in [-0.2, -0.15) is 0 Å². The number of anilines is 1. The molecule has 0 aromatic heterocycles. The molecule has 172 valence electrons. The number of nitrogens with zero attached hydrogens (tertiary/aromatic N) is 1. The summed E-state index contributed by atoms with van der Waals surface area (Å²) in [6.45, 7) is 3.54. The number of hydrogen-bond donors (Lipinski definition) is 1. The maximum atomic E-state index is 13.0. The number of piperidine rings is 1. The summed E-state index contributed by atoms with van der Waals surface area (Å²) in [5, 5.41) is 3.81. The molecule has 8 heteroatoms. The van der Waals surface area contributed by atoms with E-state index >= 15 is 0 Å². The van der Waals surface area contributed by atoms with Gasteiger partial charge in [0, 0.05) is 35.1 Å². The van der Waals surface area contributed by atoms with Crippen molar-refractivity contribution < 1.29 is 17.9 Å². The number of halogens is 1. The van der Waals surface area contributed by atoms with Crippen LogP contribution >= 0.6 is 11.6 Å². The number of nitrogens with one attached hydrogen (secondary N) is 1. The molecule has 2 atom stereocenters. The third-order valence-corrected chi connectivity index (χ3v) is 7.75. The first-order valence-corrected chi connectivity index (χ1v) is 13.1. The van der Waals surface area contributed by atoms with Crippen LogP contribution in [0.25, 0.3) is 0 Å². The summed E-state index contributed by atoms with van der Waals surface area (Å²) in [5.74, 6) is 0.463. The maximum Gasteiger partial charge on any atom is 0.263 e. The van der Waals surface area contributed by atoms with Gasteiger partial charge < -0.3 is 15.0 Å². The lowest BCUT2D eigenvalue weighted by molar-refractivity contribution is -0.135. The van der Waals surface area contributed by atoms with E-state index in [0.717, 1.165) is 31.4 Å². The van der Waals surface area contributed by atoms with E-state index in [0.29, 0.717) is 27.8 Å². The molecule has 2 aromatic rings. The second kappa shape index (κ2) is 8.60. The number of carbonyl (C=O) groups is 1. The minimum atomic E-state index is -3.21. The van der Waals surface area contributed by atoms with Crippen molar-refractivity contribution in [1.29, 1.82) is 0 Å². The number of carbonyl (C=O) groups excluding carboxylic acids is 1. The van der Waals surface area contributed by atoms with Crippen molar-refractivity contribution in [3.8, 4) is 5.75 Å². The standard InChI is InChI=1S/C24H29ClN2O4S/c1-24(2,31-21-10-4-16(25)5-11-21)23(28)26-17-14-19-6-7-20(15-17)27(19)18-8-12-22(13-9-18)32(3,29)30/h4-5,8-13,17,19-20H,6-7,14-15H2,1-3H3,(H,26,28). The van der Waals surface area contributed by atoms with E-state index in [-0.39, 0.29) is 11.9 Å². The molecule has 1 N–H and O–H groups in total. The molecule has 2 unspecified atom stereocenters. The lowest BCUT2D eigenvalue weighted by atomic mass is 9.95. The third kappa shape index (κ3) is 4.89. The van der Waals surface area contributed by atoms with Gasteiger partial charge in [0.15, 0.2) is 15.4 Å². The molecule has 32 heavy (non-hydrogen) atoms. The maximum absolute atomic E-state index is 13.0. The van der Waals surface area contributed by atoms with Crippen molar-refractivity contribution in [2.75, 3.05) is 11.2 Å². The molecule has 0 aliphatic carbocycles. The van der Waals surface area contributed by atoms with Gasteiger partial charge in [0.1, 0.15) is 5.75 Å². The number of benzene rings is 2. The summed E-state index contributed by atoms with van der Waals surface area (Å²) in [6, 6.07) is 14.8. The number of ether oxygens (including phenoxy) is 1. The zero-order valence-electron chi connectivity index (χ0n) is 18.5. The van der Waals surface area contributed by atoms with Crippen molar-refractivity contribution >= 4 is 33.0 Å². The minimum Gasteiger partial charge on any atom is -0.478 e. The normalized spacial score (nSPS) is 23.1. The molecule has 2 bridgehead atoms. The Morgan fingerprint density at radius 2 is 1.59 bits per heavy atom. The predicted octanol–water partition coefficient (Wildman–Crippen LogP) is 4.22. The molecular formula is C24H29ClN2O4S. The number of fused-ring (bicyclic) bond motifs is 2. The Labute approximate surface area is 194 Å².